The summed E-state index contributed by atoms with van der Waals surface area (Å²) in [6, 6.07) is 6.55. The molecule has 2 N–H and O–H groups in total. The summed E-state index contributed by atoms with van der Waals surface area (Å²) in [5, 5.41) is 3.08. The quantitative estimate of drug-likeness (QED) is 0.783. The van der Waals surface area contributed by atoms with Crippen LogP contribution < -0.4 is 10.2 Å². The summed E-state index contributed by atoms with van der Waals surface area (Å²) < 4.78 is 5.16. The van der Waals surface area contributed by atoms with Crippen molar-refractivity contribution >= 4 is 29.1 Å². The van der Waals surface area contributed by atoms with Gasteiger partial charge in [0.2, 0.25) is 0 Å². The van der Waals surface area contributed by atoms with Crippen LogP contribution in [0.3, 0.4) is 0 Å². The number of rotatable bonds is 4. The van der Waals surface area contributed by atoms with Crippen LogP contribution in [0, 0.1) is 0 Å². The molecule has 25 heavy (non-hydrogen) atoms. The van der Waals surface area contributed by atoms with E-state index < -0.39 is 0 Å². The molecule has 8 heteroatoms. The summed E-state index contributed by atoms with van der Waals surface area (Å²) in [6.07, 6.45) is 3.06. The van der Waals surface area contributed by atoms with Crippen LogP contribution in [0.4, 0.5) is 5.69 Å². The monoisotopic (exact) mass is 363 g/mol. The van der Waals surface area contributed by atoms with E-state index in [1.807, 2.05) is 6.92 Å². The lowest BCUT2D eigenvalue weighted by Crippen LogP contribution is -3.19. The molecule has 7 nitrogen and oxygen atoms in total. The number of pyridine rings is 1. The molecule has 0 saturated carbocycles. The summed E-state index contributed by atoms with van der Waals surface area (Å²) >= 11 is 5.98. The average molecular weight is 364 g/mol. The molecule has 2 aromatic rings. The first-order valence-corrected chi connectivity index (χ1v) is 8.53. The minimum absolute atomic E-state index is 0.108. The summed E-state index contributed by atoms with van der Waals surface area (Å²) in [7, 11) is 0. The number of furan rings is 1. The number of piperazine rings is 1. The smallest absolute Gasteiger partial charge is 0.289 e. The SMILES string of the molecule is C[C@H](C(=O)Nc1cccnc1Cl)[NH+]1CCN(C(=O)c2ccco2)CC1. The molecular formula is C17H20ClN4O3+. The van der Waals surface area contributed by atoms with Gasteiger partial charge in [0.25, 0.3) is 11.8 Å². The molecule has 3 rings (SSSR count). The summed E-state index contributed by atoms with van der Waals surface area (Å²) in [6.45, 7) is 4.43. The lowest BCUT2D eigenvalue weighted by atomic mass is 10.2. The van der Waals surface area contributed by atoms with Crippen LogP contribution in [0.25, 0.3) is 0 Å². The van der Waals surface area contributed by atoms with E-state index >= 15 is 0 Å². The van der Waals surface area contributed by atoms with E-state index in [-0.39, 0.29) is 23.0 Å². The number of aromatic nitrogens is 1. The van der Waals surface area contributed by atoms with E-state index in [4.69, 9.17) is 16.0 Å². The summed E-state index contributed by atoms with van der Waals surface area (Å²) in [5.41, 5.74) is 0.507. The number of hydrogen-bond donors (Lipinski definition) is 2. The Hall–Kier alpha value is -2.38. The van der Waals surface area contributed by atoms with Crippen LogP contribution >= 0.6 is 11.6 Å². The van der Waals surface area contributed by atoms with E-state index in [1.165, 1.54) is 6.26 Å². The molecule has 3 heterocycles. The molecule has 2 amide bonds. The predicted molar refractivity (Wildman–Crippen MR) is 92.6 cm³/mol. The second-order valence-electron chi connectivity index (χ2n) is 5.98. The van der Waals surface area contributed by atoms with Crippen LogP contribution in [-0.2, 0) is 4.79 Å². The zero-order chi connectivity index (χ0) is 17.8. The van der Waals surface area contributed by atoms with Gasteiger partial charge in [-0.2, -0.15) is 0 Å². The van der Waals surface area contributed by atoms with Crippen LogP contribution in [0.15, 0.2) is 41.1 Å². The topological polar surface area (TPSA) is 79.9 Å². The largest absolute Gasteiger partial charge is 0.459 e. The fraction of sp³-hybridized carbons (Fsp3) is 0.353. The Bertz CT molecular complexity index is 742. The van der Waals surface area contributed by atoms with Crippen molar-refractivity contribution in [2.24, 2.45) is 0 Å². The number of carbonyl (C=O) groups is 2. The van der Waals surface area contributed by atoms with Crippen molar-refractivity contribution in [3.05, 3.63) is 47.6 Å². The molecule has 0 spiro atoms. The third kappa shape index (κ3) is 4.00. The Kier molecular flexibility index (Phi) is 5.35. The highest BCUT2D eigenvalue weighted by Gasteiger charge is 2.31. The van der Waals surface area contributed by atoms with Crippen molar-refractivity contribution in [3.63, 3.8) is 0 Å². The minimum Gasteiger partial charge on any atom is -0.459 e. The standard InChI is InChI=1S/C17H19ClN4O3/c1-12(16(23)20-13-4-2-6-19-15(13)18)21-7-9-22(10-8-21)17(24)14-5-3-11-25-14/h2-6,11-12H,7-10H2,1H3,(H,20,23)/p+1/t12-/m1/s1. The fourth-order valence-electron chi connectivity index (χ4n) is 2.89. The van der Waals surface area contributed by atoms with E-state index in [2.05, 4.69) is 10.3 Å². The van der Waals surface area contributed by atoms with Gasteiger partial charge in [-0.15, -0.1) is 0 Å². The second-order valence-corrected chi connectivity index (χ2v) is 6.34. The number of quaternary nitrogens is 1. The van der Waals surface area contributed by atoms with Gasteiger partial charge in [0, 0.05) is 6.20 Å². The average Bonchev–Trinajstić information content (AvgIpc) is 3.17. The molecular weight excluding hydrogens is 344 g/mol. The van der Waals surface area contributed by atoms with Gasteiger partial charge in [-0.05, 0) is 31.2 Å². The van der Waals surface area contributed by atoms with Crippen molar-refractivity contribution in [2.45, 2.75) is 13.0 Å². The molecule has 1 aliphatic rings. The third-order valence-corrected chi connectivity index (χ3v) is 4.75. The van der Waals surface area contributed by atoms with Gasteiger partial charge in [0.15, 0.2) is 17.0 Å². The molecule has 132 valence electrons. The van der Waals surface area contributed by atoms with Gasteiger partial charge < -0.3 is 19.5 Å². The molecule has 0 aliphatic carbocycles. The first kappa shape index (κ1) is 17.4. The normalized spacial score (nSPS) is 16.5. The maximum Gasteiger partial charge on any atom is 0.289 e. The Morgan fingerprint density at radius 1 is 1.32 bits per heavy atom. The number of amides is 2. The zero-order valence-corrected chi connectivity index (χ0v) is 14.6. The van der Waals surface area contributed by atoms with Gasteiger partial charge in [0.1, 0.15) is 0 Å². The lowest BCUT2D eigenvalue weighted by molar-refractivity contribution is -0.917. The molecule has 0 bridgehead atoms. The van der Waals surface area contributed by atoms with E-state index in [0.717, 1.165) is 4.90 Å². The van der Waals surface area contributed by atoms with Crippen molar-refractivity contribution in [3.8, 4) is 0 Å². The highest BCUT2D eigenvalue weighted by Crippen LogP contribution is 2.17. The maximum atomic E-state index is 12.5. The van der Waals surface area contributed by atoms with Crippen molar-refractivity contribution in [1.82, 2.24) is 9.88 Å². The summed E-state index contributed by atoms with van der Waals surface area (Å²) in [4.78, 5) is 31.6. The molecule has 1 fully saturated rings. The number of anilines is 1. The van der Waals surface area contributed by atoms with Crippen LogP contribution in [0.1, 0.15) is 17.5 Å². The first-order chi connectivity index (χ1) is 12.1. The van der Waals surface area contributed by atoms with Gasteiger partial charge in [-0.1, -0.05) is 11.6 Å². The fourth-order valence-corrected chi connectivity index (χ4v) is 3.06. The van der Waals surface area contributed by atoms with Crippen LogP contribution in [0.5, 0.6) is 0 Å². The molecule has 0 aromatic carbocycles. The Balaban J connectivity index is 1.54. The highest BCUT2D eigenvalue weighted by molar-refractivity contribution is 6.32. The Labute approximate surface area is 150 Å². The van der Waals surface area contributed by atoms with Crippen LogP contribution in [-0.4, -0.2) is 53.9 Å². The minimum atomic E-state index is -0.253. The third-order valence-electron chi connectivity index (χ3n) is 4.45. The van der Waals surface area contributed by atoms with Gasteiger partial charge in [0.05, 0.1) is 38.1 Å². The molecule has 1 saturated heterocycles. The van der Waals surface area contributed by atoms with Gasteiger partial charge >= 0.3 is 0 Å². The van der Waals surface area contributed by atoms with E-state index in [0.29, 0.717) is 37.6 Å². The van der Waals surface area contributed by atoms with E-state index in [9.17, 15) is 9.59 Å². The molecule has 1 aliphatic heterocycles. The summed E-state index contributed by atoms with van der Waals surface area (Å²) in [5.74, 6) is 0.125. The Morgan fingerprint density at radius 3 is 2.72 bits per heavy atom. The van der Waals surface area contributed by atoms with Crippen molar-refractivity contribution in [2.75, 3.05) is 31.5 Å². The van der Waals surface area contributed by atoms with E-state index in [1.54, 1.807) is 35.4 Å². The van der Waals surface area contributed by atoms with Crippen molar-refractivity contribution < 1.29 is 18.9 Å². The molecule has 0 unspecified atom stereocenters. The maximum absolute atomic E-state index is 12.5. The van der Waals surface area contributed by atoms with Crippen LogP contribution in [0.2, 0.25) is 5.15 Å². The number of nitrogens with one attached hydrogen (secondary N) is 2. The zero-order valence-electron chi connectivity index (χ0n) is 13.9. The second kappa shape index (κ2) is 7.67. The van der Waals surface area contributed by atoms with Crippen molar-refractivity contribution in [1.29, 1.82) is 0 Å². The van der Waals surface area contributed by atoms with Gasteiger partial charge in [-0.3, -0.25) is 9.59 Å². The number of nitrogens with zero attached hydrogens (tertiary/aromatic N) is 2. The highest BCUT2D eigenvalue weighted by atomic mass is 35.5. The molecule has 1 atom stereocenters. The van der Waals surface area contributed by atoms with Gasteiger partial charge in [-0.25, -0.2) is 4.98 Å². The Morgan fingerprint density at radius 2 is 2.08 bits per heavy atom. The lowest BCUT2D eigenvalue weighted by Gasteiger charge is -2.34. The predicted octanol–water partition coefficient (Wildman–Crippen LogP) is 0.696. The first-order valence-electron chi connectivity index (χ1n) is 8.15. The number of halogens is 1. The molecule has 2 aromatic heterocycles. The molecule has 0 radical (unpaired) electrons. The number of hydrogen-bond acceptors (Lipinski definition) is 4. The number of carbonyl (C=O) groups excluding carboxylic acids is 2.